The second-order valence-electron chi connectivity index (χ2n) is 12.5. The van der Waals surface area contributed by atoms with Crippen LogP contribution >= 0.6 is 0 Å². The van der Waals surface area contributed by atoms with Crippen molar-refractivity contribution in [2.24, 2.45) is 34.5 Å². The van der Waals surface area contributed by atoms with Gasteiger partial charge in [-0.2, -0.15) is 0 Å². The third kappa shape index (κ3) is 3.33. The molecule has 8 atom stereocenters. The van der Waals surface area contributed by atoms with Crippen molar-refractivity contribution in [2.45, 2.75) is 110 Å². The molecule has 0 amide bonds. The van der Waals surface area contributed by atoms with Gasteiger partial charge in [0.25, 0.3) is 0 Å². The molecule has 3 saturated carbocycles. The minimum atomic E-state index is -0.890. The summed E-state index contributed by atoms with van der Waals surface area (Å²) in [6.07, 6.45) is 7.01. The molecule has 3 heteroatoms. The lowest BCUT2D eigenvalue weighted by atomic mass is 9.45. The van der Waals surface area contributed by atoms with Crippen molar-refractivity contribution in [3.8, 4) is 0 Å². The van der Waals surface area contributed by atoms with Crippen LogP contribution in [-0.4, -0.2) is 33.1 Å². The van der Waals surface area contributed by atoms with Gasteiger partial charge >= 0.3 is 0 Å². The molecule has 32 heavy (non-hydrogen) atoms. The lowest BCUT2D eigenvalue weighted by Gasteiger charge is -2.61. The number of rotatable bonds is 5. The molecule has 3 N–H and O–H groups in total. The lowest BCUT2D eigenvalue weighted by molar-refractivity contribution is -0.131. The average molecular weight is 443 g/mol. The van der Waals surface area contributed by atoms with Crippen molar-refractivity contribution < 1.29 is 15.3 Å². The fourth-order valence-corrected chi connectivity index (χ4v) is 8.34. The fourth-order valence-electron chi connectivity index (χ4n) is 8.34. The van der Waals surface area contributed by atoms with Crippen molar-refractivity contribution >= 4 is 0 Å². The molecule has 0 radical (unpaired) electrons. The summed E-state index contributed by atoms with van der Waals surface area (Å²) < 4.78 is 0. The van der Waals surface area contributed by atoms with Crippen LogP contribution in [0.3, 0.4) is 0 Å². The number of allylic oxidation sites excluding steroid dienone is 1. The Bertz CT molecular complexity index is 824. The number of fused-ring (bicyclic) bond motifs is 4. The van der Waals surface area contributed by atoms with Gasteiger partial charge in [-0.25, -0.2) is 0 Å². The van der Waals surface area contributed by atoms with Gasteiger partial charge in [0.1, 0.15) is 0 Å². The first-order valence-electron chi connectivity index (χ1n) is 13.1. The van der Waals surface area contributed by atoms with Crippen LogP contribution in [0, 0.1) is 34.5 Å². The van der Waals surface area contributed by atoms with E-state index in [0.29, 0.717) is 24.2 Å². The molecule has 4 aliphatic rings. The largest absolute Gasteiger partial charge is 0.389 e. The number of hydrogen-bond acceptors (Lipinski definition) is 3. The zero-order valence-corrected chi connectivity index (χ0v) is 21.1. The first-order valence-corrected chi connectivity index (χ1v) is 13.1. The molecule has 180 valence electrons. The molecular formula is C29H46O3. The van der Waals surface area contributed by atoms with Gasteiger partial charge in [0.05, 0.1) is 17.8 Å². The molecule has 0 unspecified atom stereocenters. The highest BCUT2D eigenvalue weighted by Crippen LogP contribution is 2.67. The van der Waals surface area contributed by atoms with Gasteiger partial charge < -0.3 is 15.3 Å². The first-order chi connectivity index (χ1) is 14.9. The number of hydrogen-bond donors (Lipinski definition) is 3. The van der Waals surface area contributed by atoms with E-state index in [-0.39, 0.29) is 16.7 Å². The summed E-state index contributed by atoms with van der Waals surface area (Å²) in [7, 11) is 0. The zero-order valence-electron chi connectivity index (χ0n) is 21.1. The molecule has 0 saturated heterocycles. The van der Waals surface area contributed by atoms with E-state index in [1.54, 1.807) is 0 Å². The lowest BCUT2D eigenvalue weighted by Crippen LogP contribution is -2.60. The smallest absolute Gasteiger partial charge is 0.0919 e. The van der Waals surface area contributed by atoms with Gasteiger partial charge in [0, 0.05) is 5.41 Å². The third-order valence-corrected chi connectivity index (χ3v) is 10.7. The van der Waals surface area contributed by atoms with Gasteiger partial charge in [-0.05, 0) is 104 Å². The summed E-state index contributed by atoms with van der Waals surface area (Å²) in [4.78, 5) is 0. The Morgan fingerprint density at radius 1 is 1.06 bits per heavy atom. The maximum Gasteiger partial charge on any atom is 0.0919 e. The normalized spacial score (nSPS) is 44.8. The van der Waals surface area contributed by atoms with Gasteiger partial charge in [0.15, 0.2) is 0 Å². The Labute approximate surface area is 195 Å². The molecule has 0 aromatic heterocycles. The summed E-state index contributed by atoms with van der Waals surface area (Å²) in [5, 5.41) is 34.1. The SMILES string of the molecule is C=C(CC[C@@H](C)[C@H]1C[C@@H](O)C2=C3CC[C@H]4C(=C)[C@@H](O)CC[C@]4(C)[C@@]3(O)CC[C@@]21C)C(C)C. The highest BCUT2D eigenvalue weighted by molar-refractivity contribution is 5.44. The van der Waals surface area contributed by atoms with E-state index in [2.05, 4.69) is 47.8 Å². The van der Waals surface area contributed by atoms with Crippen molar-refractivity contribution in [3.05, 3.63) is 35.5 Å². The van der Waals surface area contributed by atoms with Crippen LogP contribution in [0.15, 0.2) is 35.5 Å². The summed E-state index contributed by atoms with van der Waals surface area (Å²) >= 11 is 0. The van der Waals surface area contributed by atoms with Crippen molar-refractivity contribution in [3.63, 3.8) is 0 Å². The molecule has 4 rings (SSSR count). The highest BCUT2D eigenvalue weighted by Gasteiger charge is 2.64. The van der Waals surface area contributed by atoms with Crippen molar-refractivity contribution in [2.75, 3.05) is 0 Å². The van der Waals surface area contributed by atoms with Crippen LogP contribution in [-0.2, 0) is 0 Å². The van der Waals surface area contributed by atoms with Crippen LogP contribution in [0.1, 0.15) is 92.4 Å². The Balaban J connectivity index is 1.66. The third-order valence-electron chi connectivity index (χ3n) is 10.7. The highest BCUT2D eigenvalue weighted by atomic mass is 16.3. The number of aliphatic hydroxyl groups excluding tert-OH is 2. The summed E-state index contributed by atoms with van der Waals surface area (Å²) in [5.41, 5.74) is 3.32. The predicted molar refractivity (Wildman–Crippen MR) is 131 cm³/mol. The second kappa shape index (κ2) is 8.10. The summed E-state index contributed by atoms with van der Waals surface area (Å²) in [6, 6.07) is 0. The minimum absolute atomic E-state index is 0.0338. The standard InChI is InChI=1S/C29H46O3/c1-17(2)18(3)8-9-19(4)23-16-25(31)26-22-11-10-21-20(5)24(30)12-13-28(21,7)29(22,32)15-14-27(23,26)6/h17,19,21,23-25,30-32H,3,5,8-16H2,1-2,4,6-7H3/t19-,21+,23-,24+,25-,27-,28+,29-/m1/s1. The van der Waals surface area contributed by atoms with Crippen molar-refractivity contribution in [1.82, 2.24) is 0 Å². The predicted octanol–water partition coefficient (Wildman–Crippen LogP) is 5.95. The maximum atomic E-state index is 12.3. The molecule has 4 aliphatic carbocycles. The number of aliphatic hydroxyl groups is 3. The molecule has 0 aromatic rings. The maximum absolute atomic E-state index is 12.3. The van der Waals surface area contributed by atoms with Gasteiger partial charge in [-0.1, -0.05) is 53.3 Å². The molecule has 3 nitrogen and oxygen atoms in total. The van der Waals surface area contributed by atoms with E-state index >= 15 is 0 Å². The fraction of sp³-hybridized carbons (Fsp3) is 0.793. The first kappa shape index (κ1) is 24.2. The Morgan fingerprint density at radius 3 is 2.41 bits per heavy atom. The topological polar surface area (TPSA) is 60.7 Å². The zero-order chi connectivity index (χ0) is 23.6. The monoisotopic (exact) mass is 442 g/mol. The molecule has 0 aromatic carbocycles. The molecule has 3 fully saturated rings. The average Bonchev–Trinajstić information content (AvgIpc) is 3.01. The van der Waals surface area contributed by atoms with E-state index in [4.69, 9.17) is 0 Å². The van der Waals surface area contributed by atoms with Crippen LogP contribution in [0.25, 0.3) is 0 Å². The van der Waals surface area contributed by atoms with Crippen LogP contribution in [0.2, 0.25) is 0 Å². The quantitative estimate of drug-likeness (QED) is 0.461. The van der Waals surface area contributed by atoms with E-state index in [1.807, 2.05) is 0 Å². The van der Waals surface area contributed by atoms with E-state index < -0.39 is 17.8 Å². The molecule has 0 aliphatic heterocycles. The Morgan fingerprint density at radius 2 is 1.75 bits per heavy atom. The van der Waals surface area contributed by atoms with Gasteiger partial charge in [0.2, 0.25) is 0 Å². The molecule has 0 heterocycles. The Hall–Kier alpha value is -0.900. The molecular weight excluding hydrogens is 396 g/mol. The van der Waals surface area contributed by atoms with Crippen LogP contribution in [0.4, 0.5) is 0 Å². The summed E-state index contributed by atoms with van der Waals surface area (Å²) in [5.74, 6) is 1.64. The van der Waals surface area contributed by atoms with Crippen LogP contribution in [0.5, 0.6) is 0 Å². The molecule has 0 spiro atoms. The van der Waals surface area contributed by atoms with Gasteiger partial charge in [-0.3, -0.25) is 0 Å². The Kier molecular flexibility index (Phi) is 6.13. The van der Waals surface area contributed by atoms with Crippen LogP contribution < -0.4 is 0 Å². The van der Waals surface area contributed by atoms with Crippen molar-refractivity contribution in [1.29, 1.82) is 0 Å². The summed E-state index contributed by atoms with van der Waals surface area (Å²) in [6.45, 7) is 19.9. The van der Waals surface area contributed by atoms with E-state index in [1.165, 1.54) is 11.1 Å². The van der Waals surface area contributed by atoms with Gasteiger partial charge in [-0.15, -0.1) is 0 Å². The molecule has 0 bridgehead atoms. The van der Waals surface area contributed by atoms with E-state index in [0.717, 1.165) is 62.5 Å². The minimum Gasteiger partial charge on any atom is -0.389 e. The van der Waals surface area contributed by atoms with E-state index in [9.17, 15) is 15.3 Å². The second-order valence-corrected chi connectivity index (χ2v) is 12.5.